The van der Waals surface area contributed by atoms with E-state index in [2.05, 4.69) is 4.98 Å². The van der Waals surface area contributed by atoms with Gasteiger partial charge in [0.05, 0.1) is 5.56 Å². The van der Waals surface area contributed by atoms with Crippen LogP contribution in [0.15, 0.2) is 48.0 Å². The fourth-order valence-corrected chi connectivity index (χ4v) is 3.30. The van der Waals surface area contributed by atoms with E-state index in [0.717, 1.165) is 22.2 Å². The molecule has 1 aromatic carbocycles. The zero-order chi connectivity index (χ0) is 15.7. The Labute approximate surface area is 133 Å². The van der Waals surface area contributed by atoms with E-state index in [-0.39, 0.29) is 5.91 Å². The number of benzene rings is 1. The van der Waals surface area contributed by atoms with Gasteiger partial charge in [0.1, 0.15) is 0 Å². The van der Waals surface area contributed by atoms with Gasteiger partial charge in [0.2, 0.25) is 0 Å². The molecule has 0 spiro atoms. The SMILES string of the molecule is Cc1cc(C(=O)N(C)c2ccccc2)c(C)n1-c1nccs1. The maximum atomic E-state index is 12.8. The second-order valence-corrected chi connectivity index (χ2v) is 6.01. The highest BCUT2D eigenvalue weighted by Crippen LogP contribution is 2.24. The molecule has 0 bridgehead atoms. The Kier molecular flexibility index (Phi) is 3.81. The average molecular weight is 311 g/mol. The number of rotatable bonds is 3. The zero-order valence-electron chi connectivity index (χ0n) is 12.8. The van der Waals surface area contributed by atoms with Gasteiger partial charge in [-0.05, 0) is 32.0 Å². The third-order valence-electron chi connectivity index (χ3n) is 3.72. The van der Waals surface area contributed by atoms with E-state index < -0.39 is 0 Å². The van der Waals surface area contributed by atoms with Crippen LogP contribution in [0, 0.1) is 13.8 Å². The number of aromatic nitrogens is 2. The van der Waals surface area contributed by atoms with E-state index in [0.29, 0.717) is 5.56 Å². The lowest BCUT2D eigenvalue weighted by molar-refractivity contribution is 0.0992. The van der Waals surface area contributed by atoms with Crippen LogP contribution in [0.1, 0.15) is 21.7 Å². The molecular formula is C17H17N3OS. The molecule has 5 heteroatoms. The van der Waals surface area contributed by atoms with Crippen molar-refractivity contribution in [3.63, 3.8) is 0 Å². The molecule has 22 heavy (non-hydrogen) atoms. The summed E-state index contributed by atoms with van der Waals surface area (Å²) in [6.45, 7) is 3.95. The van der Waals surface area contributed by atoms with Crippen molar-refractivity contribution in [3.8, 4) is 5.13 Å². The molecule has 0 saturated heterocycles. The lowest BCUT2D eigenvalue weighted by atomic mass is 10.2. The van der Waals surface area contributed by atoms with Crippen LogP contribution in [0.2, 0.25) is 0 Å². The molecule has 2 heterocycles. The predicted molar refractivity (Wildman–Crippen MR) is 90.1 cm³/mol. The monoisotopic (exact) mass is 311 g/mol. The predicted octanol–water partition coefficient (Wildman–Crippen LogP) is 3.83. The number of amides is 1. The quantitative estimate of drug-likeness (QED) is 0.737. The Morgan fingerprint density at radius 3 is 2.59 bits per heavy atom. The Morgan fingerprint density at radius 1 is 1.23 bits per heavy atom. The maximum Gasteiger partial charge on any atom is 0.259 e. The highest BCUT2D eigenvalue weighted by molar-refractivity contribution is 7.12. The molecule has 0 radical (unpaired) electrons. The third-order valence-corrected chi connectivity index (χ3v) is 4.48. The molecule has 0 aliphatic rings. The number of carbonyl (C=O) groups excluding carboxylic acids is 1. The summed E-state index contributed by atoms with van der Waals surface area (Å²) < 4.78 is 2.02. The van der Waals surface area contributed by atoms with Gasteiger partial charge in [0.25, 0.3) is 5.91 Å². The Hall–Kier alpha value is -2.40. The summed E-state index contributed by atoms with van der Waals surface area (Å²) in [7, 11) is 1.80. The number of anilines is 1. The van der Waals surface area contributed by atoms with Crippen molar-refractivity contribution in [3.05, 3.63) is 64.9 Å². The Morgan fingerprint density at radius 2 is 1.95 bits per heavy atom. The molecule has 0 aliphatic heterocycles. The molecule has 0 aliphatic carbocycles. The van der Waals surface area contributed by atoms with Crippen LogP contribution < -0.4 is 4.90 Å². The minimum absolute atomic E-state index is 0.0119. The van der Waals surface area contributed by atoms with Crippen molar-refractivity contribution in [2.24, 2.45) is 0 Å². The van der Waals surface area contributed by atoms with Crippen molar-refractivity contribution < 1.29 is 4.79 Å². The van der Waals surface area contributed by atoms with E-state index in [1.807, 2.05) is 60.2 Å². The largest absolute Gasteiger partial charge is 0.311 e. The summed E-state index contributed by atoms with van der Waals surface area (Å²) in [4.78, 5) is 18.8. The van der Waals surface area contributed by atoms with E-state index >= 15 is 0 Å². The van der Waals surface area contributed by atoms with Crippen LogP contribution in [0.4, 0.5) is 5.69 Å². The van der Waals surface area contributed by atoms with Crippen molar-refractivity contribution in [1.29, 1.82) is 0 Å². The lowest BCUT2D eigenvalue weighted by Crippen LogP contribution is -2.26. The molecule has 0 unspecified atom stereocenters. The Balaban J connectivity index is 1.99. The first-order chi connectivity index (χ1) is 10.6. The molecule has 112 valence electrons. The van der Waals surface area contributed by atoms with Gasteiger partial charge in [-0.15, -0.1) is 11.3 Å². The summed E-state index contributed by atoms with van der Waals surface area (Å²) in [5, 5.41) is 2.82. The average Bonchev–Trinajstić information content (AvgIpc) is 3.14. The number of thiazole rings is 1. The molecule has 0 fully saturated rings. The highest BCUT2D eigenvalue weighted by Gasteiger charge is 2.21. The molecule has 3 rings (SSSR count). The minimum Gasteiger partial charge on any atom is -0.311 e. The van der Waals surface area contributed by atoms with Gasteiger partial charge in [0.15, 0.2) is 5.13 Å². The highest BCUT2D eigenvalue weighted by atomic mass is 32.1. The minimum atomic E-state index is -0.0119. The summed E-state index contributed by atoms with van der Waals surface area (Å²) in [6.07, 6.45) is 1.77. The van der Waals surface area contributed by atoms with Gasteiger partial charge in [-0.2, -0.15) is 0 Å². The summed E-state index contributed by atoms with van der Waals surface area (Å²) in [5.74, 6) is -0.0119. The molecule has 2 aromatic heterocycles. The number of aryl methyl sites for hydroxylation is 1. The fourth-order valence-electron chi connectivity index (χ4n) is 2.55. The summed E-state index contributed by atoms with van der Waals surface area (Å²) >= 11 is 1.56. The number of para-hydroxylation sites is 1. The van der Waals surface area contributed by atoms with E-state index in [9.17, 15) is 4.79 Å². The first kappa shape index (κ1) is 14.5. The lowest BCUT2D eigenvalue weighted by Gasteiger charge is -2.17. The molecule has 0 N–H and O–H groups in total. The summed E-state index contributed by atoms with van der Waals surface area (Å²) in [6, 6.07) is 11.6. The molecule has 0 saturated carbocycles. The molecule has 0 atom stereocenters. The van der Waals surface area contributed by atoms with Gasteiger partial charge >= 0.3 is 0 Å². The van der Waals surface area contributed by atoms with Gasteiger partial charge in [-0.3, -0.25) is 9.36 Å². The normalized spacial score (nSPS) is 10.7. The van der Waals surface area contributed by atoms with E-state index in [1.165, 1.54) is 0 Å². The van der Waals surface area contributed by atoms with Crippen LogP contribution in [0.5, 0.6) is 0 Å². The molecule has 3 aromatic rings. The van der Waals surface area contributed by atoms with Gasteiger partial charge < -0.3 is 4.90 Å². The molecule has 1 amide bonds. The standard InChI is InChI=1S/C17H17N3OS/c1-12-11-15(13(2)20(12)17-18-9-10-22-17)16(21)19(3)14-7-5-4-6-8-14/h4-11H,1-3H3. The van der Waals surface area contributed by atoms with Gasteiger partial charge in [-0.1, -0.05) is 18.2 Å². The number of nitrogens with zero attached hydrogens (tertiary/aromatic N) is 3. The van der Waals surface area contributed by atoms with E-state index in [4.69, 9.17) is 0 Å². The topological polar surface area (TPSA) is 38.1 Å². The first-order valence-electron chi connectivity index (χ1n) is 7.01. The van der Waals surface area contributed by atoms with Gasteiger partial charge in [0, 0.05) is 35.7 Å². The number of carbonyl (C=O) groups is 1. The smallest absolute Gasteiger partial charge is 0.259 e. The van der Waals surface area contributed by atoms with Crippen LogP contribution >= 0.6 is 11.3 Å². The van der Waals surface area contributed by atoms with Crippen molar-refractivity contribution in [2.45, 2.75) is 13.8 Å². The summed E-state index contributed by atoms with van der Waals surface area (Å²) in [5.41, 5.74) is 3.52. The fraction of sp³-hybridized carbons (Fsp3) is 0.176. The van der Waals surface area contributed by atoms with Gasteiger partial charge in [-0.25, -0.2) is 4.98 Å². The maximum absolute atomic E-state index is 12.8. The second-order valence-electron chi connectivity index (χ2n) is 5.13. The van der Waals surface area contributed by atoms with Crippen molar-refractivity contribution in [2.75, 3.05) is 11.9 Å². The van der Waals surface area contributed by atoms with Crippen LogP contribution in [0.25, 0.3) is 5.13 Å². The van der Waals surface area contributed by atoms with Crippen LogP contribution in [0.3, 0.4) is 0 Å². The van der Waals surface area contributed by atoms with Crippen LogP contribution in [-0.2, 0) is 0 Å². The van der Waals surface area contributed by atoms with Crippen molar-refractivity contribution >= 4 is 22.9 Å². The Bertz CT molecular complexity index is 791. The first-order valence-corrected chi connectivity index (χ1v) is 7.89. The third kappa shape index (κ3) is 2.44. The van der Waals surface area contributed by atoms with E-state index in [1.54, 1.807) is 29.5 Å². The molecule has 4 nitrogen and oxygen atoms in total. The number of hydrogen-bond donors (Lipinski definition) is 0. The zero-order valence-corrected chi connectivity index (χ0v) is 13.6. The number of hydrogen-bond acceptors (Lipinski definition) is 3. The second kappa shape index (κ2) is 5.77. The van der Waals surface area contributed by atoms with Crippen molar-refractivity contribution in [1.82, 2.24) is 9.55 Å². The molecular weight excluding hydrogens is 294 g/mol. The van der Waals surface area contributed by atoms with Crippen LogP contribution in [-0.4, -0.2) is 22.5 Å².